The number of amides is 1. The lowest BCUT2D eigenvalue weighted by molar-refractivity contribution is -0.130. The van der Waals surface area contributed by atoms with Gasteiger partial charge < -0.3 is 4.90 Å². The first-order chi connectivity index (χ1) is 7.22. The highest BCUT2D eigenvalue weighted by atomic mass is 79.9. The third kappa shape index (κ3) is 8.91. The maximum Gasteiger partial charge on any atom is 0.222 e. The van der Waals surface area contributed by atoms with Crippen LogP contribution in [0, 0.1) is 0 Å². The maximum atomic E-state index is 11.6. The van der Waals surface area contributed by atoms with E-state index in [4.69, 9.17) is 0 Å². The normalized spacial score (nSPS) is 10.3. The van der Waals surface area contributed by atoms with E-state index in [1.165, 1.54) is 25.7 Å². The van der Waals surface area contributed by atoms with Gasteiger partial charge in [-0.05, 0) is 12.8 Å². The Hall–Kier alpha value is -0.0500. The van der Waals surface area contributed by atoms with E-state index in [0.717, 1.165) is 31.1 Å². The molecular formula is C12H24BrNO. The molecule has 3 heteroatoms. The fourth-order valence-corrected chi connectivity index (χ4v) is 1.74. The molecule has 0 heterocycles. The van der Waals surface area contributed by atoms with Crippen LogP contribution in [0.1, 0.15) is 51.9 Å². The van der Waals surface area contributed by atoms with Crippen molar-refractivity contribution in [1.29, 1.82) is 0 Å². The summed E-state index contributed by atoms with van der Waals surface area (Å²) in [6, 6.07) is 0. The van der Waals surface area contributed by atoms with Gasteiger partial charge in [0.1, 0.15) is 0 Å². The zero-order chi connectivity index (χ0) is 11.5. The van der Waals surface area contributed by atoms with Crippen LogP contribution in [0.15, 0.2) is 0 Å². The van der Waals surface area contributed by atoms with Crippen molar-refractivity contribution in [3.05, 3.63) is 0 Å². The van der Waals surface area contributed by atoms with Crippen LogP contribution in [0.4, 0.5) is 0 Å². The van der Waals surface area contributed by atoms with E-state index in [-0.39, 0.29) is 0 Å². The summed E-state index contributed by atoms with van der Waals surface area (Å²) in [5, 5.41) is 0.973. The topological polar surface area (TPSA) is 20.3 Å². The number of rotatable bonds is 9. The number of alkyl halides is 1. The van der Waals surface area contributed by atoms with E-state index in [9.17, 15) is 4.79 Å². The minimum atomic E-state index is 0.299. The number of carbonyl (C=O) groups excluding carboxylic acids is 1. The summed E-state index contributed by atoms with van der Waals surface area (Å²) in [6.07, 6.45) is 7.85. The van der Waals surface area contributed by atoms with Gasteiger partial charge in [0.05, 0.1) is 0 Å². The third-order valence-electron chi connectivity index (χ3n) is 2.55. The summed E-state index contributed by atoms with van der Waals surface area (Å²) in [7, 11) is 1.90. The van der Waals surface area contributed by atoms with Gasteiger partial charge in [-0.1, -0.05) is 48.5 Å². The summed E-state index contributed by atoms with van der Waals surface area (Å²) >= 11 is 3.37. The Morgan fingerprint density at radius 1 is 1.13 bits per heavy atom. The first kappa shape index (κ1) is 14.9. The highest BCUT2D eigenvalue weighted by Gasteiger charge is 2.06. The van der Waals surface area contributed by atoms with Crippen LogP contribution < -0.4 is 0 Å². The second kappa shape index (κ2) is 10.5. The monoisotopic (exact) mass is 277 g/mol. The highest BCUT2D eigenvalue weighted by molar-refractivity contribution is 9.09. The Balaban J connectivity index is 3.38. The largest absolute Gasteiger partial charge is 0.346 e. The van der Waals surface area contributed by atoms with Gasteiger partial charge in [-0.3, -0.25) is 4.79 Å². The van der Waals surface area contributed by atoms with Crippen LogP contribution in [0.2, 0.25) is 0 Å². The molecule has 0 rings (SSSR count). The molecule has 0 bridgehead atoms. The predicted octanol–water partition coefficient (Wildman–Crippen LogP) is 3.59. The quantitative estimate of drug-likeness (QED) is 0.466. The average Bonchev–Trinajstić information content (AvgIpc) is 2.25. The van der Waals surface area contributed by atoms with Gasteiger partial charge in [0.15, 0.2) is 0 Å². The molecule has 0 fully saturated rings. The van der Waals surface area contributed by atoms with Gasteiger partial charge in [0, 0.05) is 25.3 Å². The first-order valence-corrected chi connectivity index (χ1v) is 7.14. The Morgan fingerprint density at radius 3 is 2.40 bits per heavy atom. The number of halogens is 1. The van der Waals surface area contributed by atoms with Crippen molar-refractivity contribution < 1.29 is 4.79 Å². The Labute approximate surface area is 103 Å². The van der Waals surface area contributed by atoms with Gasteiger partial charge in [-0.15, -0.1) is 0 Å². The summed E-state index contributed by atoms with van der Waals surface area (Å²) in [5.41, 5.74) is 0. The fourth-order valence-electron chi connectivity index (χ4n) is 1.49. The molecule has 90 valence electrons. The molecule has 0 spiro atoms. The van der Waals surface area contributed by atoms with E-state index in [1.54, 1.807) is 0 Å². The summed E-state index contributed by atoms with van der Waals surface area (Å²) < 4.78 is 0. The van der Waals surface area contributed by atoms with Crippen LogP contribution in [-0.4, -0.2) is 29.7 Å². The maximum absolute atomic E-state index is 11.6. The van der Waals surface area contributed by atoms with Crippen molar-refractivity contribution in [3.63, 3.8) is 0 Å². The molecule has 0 aromatic heterocycles. The molecule has 0 aliphatic rings. The van der Waals surface area contributed by atoms with Crippen molar-refractivity contribution in [2.24, 2.45) is 0 Å². The van der Waals surface area contributed by atoms with Crippen molar-refractivity contribution in [3.8, 4) is 0 Å². The SMILES string of the molecule is CCCCCCCC(=O)N(C)CCCBr. The van der Waals surface area contributed by atoms with E-state index in [0.29, 0.717) is 5.91 Å². The van der Waals surface area contributed by atoms with Crippen LogP contribution in [0.5, 0.6) is 0 Å². The zero-order valence-corrected chi connectivity index (χ0v) is 11.7. The number of carbonyl (C=O) groups is 1. The average molecular weight is 278 g/mol. The van der Waals surface area contributed by atoms with Crippen molar-refractivity contribution in [2.75, 3.05) is 18.9 Å². The lowest BCUT2D eigenvalue weighted by atomic mass is 10.1. The van der Waals surface area contributed by atoms with E-state index < -0.39 is 0 Å². The number of hydrogen-bond donors (Lipinski definition) is 0. The lowest BCUT2D eigenvalue weighted by Crippen LogP contribution is -2.27. The molecule has 0 aromatic rings. The van der Waals surface area contributed by atoms with Crippen molar-refractivity contribution in [2.45, 2.75) is 51.9 Å². The van der Waals surface area contributed by atoms with Crippen LogP contribution in [0.25, 0.3) is 0 Å². The van der Waals surface area contributed by atoms with Gasteiger partial charge in [-0.2, -0.15) is 0 Å². The Morgan fingerprint density at radius 2 is 1.80 bits per heavy atom. The van der Waals surface area contributed by atoms with Crippen LogP contribution in [-0.2, 0) is 4.79 Å². The molecule has 15 heavy (non-hydrogen) atoms. The molecule has 1 amide bonds. The standard InChI is InChI=1S/C12H24BrNO/c1-3-4-5-6-7-9-12(15)14(2)11-8-10-13/h3-11H2,1-2H3. The van der Waals surface area contributed by atoms with Crippen LogP contribution >= 0.6 is 15.9 Å². The fraction of sp³-hybridized carbons (Fsp3) is 0.917. The first-order valence-electron chi connectivity index (χ1n) is 6.02. The molecular weight excluding hydrogens is 254 g/mol. The van der Waals surface area contributed by atoms with E-state index in [1.807, 2.05) is 11.9 Å². The smallest absolute Gasteiger partial charge is 0.222 e. The van der Waals surface area contributed by atoms with Gasteiger partial charge in [-0.25, -0.2) is 0 Å². The summed E-state index contributed by atoms with van der Waals surface area (Å²) in [4.78, 5) is 13.4. The minimum absolute atomic E-state index is 0.299. The Kier molecular flexibility index (Phi) is 10.4. The number of unbranched alkanes of at least 4 members (excludes halogenated alkanes) is 4. The zero-order valence-electron chi connectivity index (χ0n) is 10.1. The molecule has 0 saturated carbocycles. The minimum Gasteiger partial charge on any atom is -0.346 e. The molecule has 0 aliphatic carbocycles. The molecule has 0 N–H and O–H groups in total. The molecule has 0 atom stereocenters. The van der Waals surface area contributed by atoms with Gasteiger partial charge in [0.2, 0.25) is 5.91 Å². The Bertz CT molecular complexity index is 162. The van der Waals surface area contributed by atoms with E-state index >= 15 is 0 Å². The van der Waals surface area contributed by atoms with Crippen molar-refractivity contribution in [1.82, 2.24) is 4.90 Å². The molecule has 0 saturated heterocycles. The van der Waals surface area contributed by atoms with Crippen molar-refractivity contribution >= 4 is 21.8 Å². The summed E-state index contributed by atoms with van der Waals surface area (Å²) in [6.45, 7) is 3.08. The second-order valence-corrected chi connectivity index (χ2v) is 4.82. The van der Waals surface area contributed by atoms with E-state index in [2.05, 4.69) is 22.9 Å². The lowest BCUT2D eigenvalue weighted by Gasteiger charge is -2.16. The summed E-state index contributed by atoms with van der Waals surface area (Å²) in [5.74, 6) is 0.299. The highest BCUT2D eigenvalue weighted by Crippen LogP contribution is 2.06. The molecule has 0 aromatic carbocycles. The number of hydrogen-bond acceptors (Lipinski definition) is 1. The van der Waals surface area contributed by atoms with Crippen LogP contribution in [0.3, 0.4) is 0 Å². The molecule has 0 radical (unpaired) electrons. The predicted molar refractivity (Wildman–Crippen MR) is 69.4 cm³/mol. The molecule has 0 aliphatic heterocycles. The molecule has 2 nitrogen and oxygen atoms in total. The number of nitrogens with zero attached hydrogens (tertiary/aromatic N) is 1. The second-order valence-electron chi connectivity index (χ2n) is 4.02. The van der Waals surface area contributed by atoms with Gasteiger partial charge in [0.25, 0.3) is 0 Å². The van der Waals surface area contributed by atoms with Gasteiger partial charge >= 0.3 is 0 Å². The third-order valence-corrected chi connectivity index (χ3v) is 3.11. The molecule has 0 unspecified atom stereocenters.